The van der Waals surface area contributed by atoms with Crippen molar-refractivity contribution in [3.8, 4) is 0 Å². The predicted molar refractivity (Wildman–Crippen MR) is 175 cm³/mol. The second-order valence-electron chi connectivity index (χ2n) is 15.2. The standard InChI is InChI=1S/C37H71NO3/c1-36(2)31-33(32-37(3,4)38(36)41-34-28-24-22-25-29-34)27-23-20-18-16-14-12-10-8-6-5-7-9-11-13-15-17-19-21-26-30-35(39)40/h33-34H,5-32H2,1-4H3,(H,39,40). The minimum Gasteiger partial charge on any atom is -0.481 e. The van der Waals surface area contributed by atoms with Gasteiger partial charge in [-0.1, -0.05) is 141 Å². The van der Waals surface area contributed by atoms with Gasteiger partial charge in [0.15, 0.2) is 0 Å². The van der Waals surface area contributed by atoms with Crippen molar-refractivity contribution in [2.75, 3.05) is 0 Å². The Balaban J connectivity index is 1.36. The minimum atomic E-state index is -0.651. The van der Waals surface area contributed by atoms with Crippen molar-refractivity contribution < 1.29 is 14.7 Å². The zero-order valence-electron chi connectivity index (χ0n) is 28.2. The molecule has 2 aliphatic rings. The van der Waals surface area contributed by atoms with Gasteiger partial charge in [-0.3, -0.25) is 9.63 Å². The van der Waals surface area contributed by atoms with Crippen LogP contribution in [0.2, 0.25) is 0 Å². The van der Waals surface area contributed by atoms with E-state index in [0.29, 0.717) is 12.5 Å². The van der Waals surface area contributed by atoms with Gasteiger partial charge in [-0.2, -0.15) is 5.06 Å². The first-order chi connectivity index (χ1) is 19.7. The van der Waals surface area contributed by atoms with Gasteiger partial charge >= 0.3 is 5.97 Å². The van der Waals surface area contributed by atoms with Crippen LogP contribution in [0.4, 0.5) is 0 Å². The number of carboxylic acid groups (broad SMARTS) is 1. The largest absolute Gasteiger partial charge is 0.481 e. The van der Waals surface area contributed by atoms with Crippen molar-refractivity contribution in [3.63, 3.8) is 0 Å². The van der Waals surface area contributed by atoms with Crippen LogP contribution in [0.3, 0.4) is 0 Å². The highest BCUT2D eigenvalue weighted by atomic mass is 16.7. The summed E-state index contributed by atoms with van der Waals surface area (Å²) >= 11 is 0. The molecule has 0 bridgehead atoms. The molecule has 2 rings (SSSR count). The van der Waals surface area contributed by atoms with E-state index in [2.05, 4.69) is 32.8 Å². The first-order valence-corrected chi connectivity index (χ1v) is 18.4. The van der Waals surface area contributed by atoms with Crippen LogP contribution in [0.5, 0.6) is 0 Å². The van der Waals surface area contributed by atoms with Crippen LogP contribution in [0.1, 0.15) is 207 Å². The zero-order valence-corrected chi connectivity index (χ0v) is 28.2. The van der Waals surface area contributed by atoms with E-state index in [0.717, 1.165) is 18.8 Å². The normalized spacial score (nSPS) is 20.0. The van der Waals surface area contributed by atoms with Crippen molar-refractivity contribution in [2.45, 2.75) is 225 Å². The molecule has 1 aliphatic heterocycles. The van der Waals surface area contributed by atoms with E-state index < -0.39 is 5.97 Å². The fraction of sp³-hybridized carbons (Fsp3) is 0.973. The van der Waals surface area contributed by atoms with Crippen molar-refractivity contribution in [1.29, 1.82) is 0 Å². The molecule has 0 atom stereocenters. The average molecular weight is 578 g/mol. The van der Waals surface area contributed by atoms with Crippen molar-refractivity contribution in [3.05, 3.63) is 0 Å². The van der Waals surface area contributed by atoms with E-state index in [1.807, 2.05) is 0 Å². The molecule has 1 saturated heterocycles. The van der Waals surface area contributed by atoms with Gasteiger partial charge in [-0.05, 0) is 65.7 Å². The molecule has 1 aliphatic carbocycles. The van der Waals surface area contributed by atoms with Gasteiger partial charge < -0.3 is 5.11 Å². The topological polar surface area (TPSA) is 49.8 Å². The fourth-order valence-electron chi connectivity index (χ4n) is 7.99. The molecule has 0 spiro atoms. The van der Waals surface area contributed by atoms with E-state index in [1.165, 1.54) is 161 Å². The summed E-state index contributed by atoms with van der Waals surface area (Å²) in [5.41, 5.74) is 0.270. The Bertz CT molecular complexity index is 637. The maximum atomic E-state index is 10.5. The number of hydroxylamine groups is 2. The second-order valence-corrected chi connectivity index (χ2v) is 15.2. The number of hydrogen-bond acceptors (Lipinski definition) is 3. The molecule has 2 fully saturated rings. The Morgan fingerprint density at radius 2 is 0.976 bits per heavy atom. The van der Waals surface area contributed by atoms with Gasteiger partial charge in [0.25, 0.3) is 0 Å². The number of nitrogens with zero attached hydrogens (tertiary/aromatic N) is 1. The number of rotatable bonds is 24. The van der Waals surface area contributed by atoms with Gasteiger partial charge in [-0.15, -0.1) is 0 Å². The van der Waals surface area contributed by atoms with Gasteiger partial charge in [0.05, 0.1) is 6.10 Å². The third-order valence-corrected chi connectivity index (χ3v) is 9.99. The number of aliphatic carboxylic acids is 1. The highest BCUT2D eigenvalue weighted by Crippen LogP contribution is 2.44. The highest BCUT2D eigenvalue weighted by molar-refractivity contribution is 5.66. The summed E-state index contributed by atoms with van der Waals surface area (Å²) in [7, 11) is 0. The number of carboxylic acids is 1. The summed E-state index contributed by atoms with van der Waals surface area (Å²) in [5, 5.41) is 11.1. The highest BCUT2D eigenvalue weighted by Gasteiger charge is 2.47. The van der Waals surface area contributed by atoms with Crippen LogP contribution in [0.25, 0.3) is 0 Å². The molecule has 1 saturated carbocycles. The van der Waals surface area contributed by atoms with Crippen LogP contribution in [0, 0.1) is 5.92 Å². The van der Waals surface area contributed by atoms with E-state index in [4.69, 9.17) is 9.94 Å². The summed E-state index contributed by atoms with van der Waals surface area (Å²) in [6, 6.07) is 0. The molecule has 242 valence electrons. The maximum Gasteiger partial charge on any atom is 0.303 e. The molecule has 4 nitrogen and oxygen atoms in total. The van der Waals surface area contributed by atoms with E-state index in [9.17, 15) is 4.79 Å². The summed E-state index contributed by atoms with van der Waals surface area (Å²) in [6.07, 6.45) is 36.9. The molecular formula is C37H71NO3. The Morgan fingerprint density at radius 3 is 1.37 bits per heavy atom. The number of carbonyl (C=O) groups is 1. The Morgan fingerprint density at radius 1 is 0.610 bits per heavy atom. The molecule has 1 heterocycles. The molecule has 41 heavy (non-hydrogen) atoms. The molecular weight excluding hydrogens is 506 g/mol. The predicted octanol–water partition coefficient (Wildman–Crippen LogP) is 11.8. The third kappa shape index (κ3) is 16.7. The Kier molecular flexibility index (Phi) is 18.9. The van der Waals surface area contributed by atoms with E-state index in [-0.39, 0.29) is 11.1 Å². The zero-order chi connectivity index (χ0) is 29.8. The van der Waals surface area contributed by atoms with Gasteiger partial charge in [0.1, 0.15) is 0 Å². The monoisotopic (exact) mass is 578 g/mol. The SMILES string of the molecule is CC1(C)CC(CCCCCCCCCCCCCCCCCCCCCC(=O)O)CC(C)(C)N1OC1CCCCC1. The maximum absolute atomic E-state index is 10.5. The Hall–Kier alpha value is -0.610. The number of piperidine rings is 1. The summed E-state index contributed by atoms with van der Waals surface area (Å²) < 4.78 is 0. The lowest BCUT2D eigenvalue weighted by atomic mass is 9.73. The van der Waals surface area contributed by atoms with Gasteiger partial charge in [-0.25, -0.2) is 0 Å². The Labute approximate surface area is 256 Å². The lowest BCUT2D eigenvalue weighted by Crippen LogP contribution is -2.61. The average Bonchev–Trinajstić information content (AvgIpc) is 2.91. The molecule has 0 aromatic carbocycles. The molecule has 0 amide bonds. The van der Waals surface area contributed by atoms with E-state index >= 15 is 0 Å². The molecule has 4 heteroatoms. The fourth-order valence-corrected chi connectivity index (χ4v) is 7.99. The van der Waals surface area contributed by atoms with Gasteiger partial charge in [0.2, 0.25) is 0 Å². The van der Waals surface area contributed by atoms with Crippen LogP contribution in [0.15, 0.2) is 0 Å². The van der Waals surface area contributed by atoms with Crippen LogP contribution < -0.4 is 0 Å². The molecule has 0 aromatic heterocycles. The first kappa shape index (κ1) is 36.6. The molecule has 1 N–H and O–H groups in total. The van der Waals surface area contributed by atoms with Crippen molar-refractivity contribution >= 4 is 5.97 Å². The molecule has 0 radical (unpaired) electrons. The van der Waals surface area contributed by atoms with Crippen LogP contribution in [-0.2, 0) is 9.63 Å². The smallest absolute Gasteiger partial charge is 0.303 e. The number of unbranched alkanes of at least 4 members (excludes halogenated alkanes) is 18. The van der Waals surface area contributed by atoms with E-state index in [1.54, 1.807) is 0 Å². The minimum absolute atomic E-state index is 0.135. The second kappa shape index (κ2) is 21.2. The lowest BCUT2D eigenvalue weighted by Gasteiger charge is -2.55. The summed E-state index contributed by atoms with van der Waals surface area (Å²) in [4.78, 5) is 17.2. The van der Waals surface area contributed by atoms with Gasteiger partial charge in [0, 0.05) is 17.5 Å². The summed E-state index contributed by atoms with van der Waals surface area (Å²) in [6.45, 7) is 9.68. The van der Waals surface area contributed by atoms with Crippen LogP contribution >= 0.6 is 0 Å². The molecule has 0 unspecified atom stereocenters. The van der Waals surface area contributed by atoms with Crippen LogP contribution in [-0.4, -0.2) is 33.3 Å². The quantitative estimate of drug-likeness (QED) is 0.116. The summed E-state index contributed by atoms with van der Waals surface area (Å²) in [5.74, 6) is 0.190. The molecule has 0 aromatic rings. The number of hydrogen-bond donors (Lipinski definition) is 1. The van der Waals surface area contributed by atoms with Crippen molar-refractivity contribution in [1.82, 2.24) is 5.06 Å². The first-order valence-electron chi connectivity index (χ1n) is 18.4. The third-order valence-electron chi connectivity index (χ3n) is 9.99. The lowest BCUT2D eigenvalue weighted by molar-refractivity contribution is -0.314. The van der Waals surface area contributed by atoms with Crippen molar-refractivity contribution in [2.24, 2.45) is 5.92 Å².